The molecule has 0 radical (unpaired) electrons. The van der Waals surface area contributed by atoms with Crippen molar-refractivity contribution in [3.63, 3.8) is 0 Å². The van der Waals surface area contributed by atoms with Crippen LogP contribution in [0.2, 0.25) is 0 Å². The summed E-state index contributed by atoms with van der Waals surface area (Å²) in [5, 5.41) is 10.1. The standard InChI is InChI=1S/C17H13N3O/c18-10-12-4-3-5-14(8-12)21-17-9-13(11-19)15-6-1-2-7-16(15)20-17/h1-9H,10,18H2. The van der Waals surface area contributed by atoms with Gasteiger partial charge in [-0.25, -0.2) is 4.98 Å². The van der Waals surface area contributed by atoms with Gasteiger partial charge in [0.25, 0.3) is 0 Å². The minimum atomic E-state index is 0.402. The molecular formula is C17H13N3O. The number of hydrogen-bond donors (Lipinski definition) is 1. The number of aromatic nitrogens is 1. The summed E-state index contributed by atoms with van der Waals surface area (Å²) in [6, 6.07) is 18.8. The molecule has 0 saturated heterocycles. The number of pyridine rings is 1. The summed E-state index contributed by atoms with van der Waals surface area (Å²) in [5.41, 5.74) is 7.88. The van der Waals surface area contributed by atoms with Crippen molar-refractivity contribution in [1.82, 2.24) is 4.98 Å². The van der Waals surface area contributed by atoms with Crippen LogP contribution in [0.15, 0.2) is 54.6 Å². The van der Waals surface area contributed by atoms with Crippen LogP contribution in [0.3, 0.4) is 0 Å². The lowest BCUT2D eigenvalue weighted by atomic mass is 10.1. The van der Waals surface area contributed by atoms with Crippen LogP contribution in [0.1, 0.15) is 11.1 Å². The predicted molar refractivity (Wildman–Crippen MR) is 80.9 cm³/mol. The Kier molecular flexibility index (Phi) is 3.50. The molecule has 0 unspecified atom stereocenters. The Morgan fingerprint density at radius 3 is 2.76 bits per heavy atom. The lowest BCUT2D eigenvalue weighted by molar-refractivity contribution is 0.464. The first-order chi connectivity index (χ1) is 10.3. The fourth-order valence-corrected chi connectivity index (χ4v) is 2.15. The number of ether oxygens (including phenoxy) is 1. The summed E-state index contributed by atoms with van der Waals surface area (Å²) in [6.45, 7) is 0.450. The van der Waals surface area contributed by atoms with Crippen LogP contribution < -0.4 is 10.5 Å². The fraction of sp³-hybridized carbons (Fsp3) is 0.0588. The Morgan fingerprint density at radius 2 is 1.95 bits per heavy atom. The SMILES string of the molecule is N#Cc1cc(Oc2cccc(CN)c2)nc2ccccc12. The maximum atomic E-state index is 9.26. The van der Waals surface area contributed by atoms with Crippen molar-refractivity contribution in [2.75, 3.05) is 0 Å². The van der Waals surface area contributed by atoms with Crippen molar-refractivity contribution in [2.24, 2.45) is 5.73 Å². The van der Waals surface area contributed by atoms with E-state index in [0.29, 0.717) is 23.7 Å². The largest absolute Gasteiger partial charge is 0.439 e. The highest BCUT2D eigenvalue weighted by Crippen LogP contribution is 2.25. The van der Waals surface area contributed by atoms with Gasteiger partial charge in [-0.1, -0.05) is 30.3 Å². The first-order valence-electron chi connectivity index (χ1n) is 6.57. The Bertz CT molecular complexity index is 837. The van der Waals surface area contributed by atoms with Crippen molar-refractivity contribution in [3.8, 4) is 17.7 Å². The van der Waals surface area contributed by atoms with Crippen LogP contribution in [0, 0.1) is 11.3 Å². The molecule has 0 fully saturated rings. The molecule has 3 aromatic rings. The molecule has 102 valence electrons. The monoisotopic (exact) mass is 275 g/mol. The van der Waals surface area contributed by atoms with Crippen molar-refractivity contribution in [2.45, 2.75) is 6.54 Å². The minimum Gasteiger partial charge on any atom is -0.439 e. The predicted octanol–water partition coefficient (Wildman–Crippen LogP) is 3.36. The van der Waals surface area contributed by atoms with E-state index < -0.39 is 0 Å². The van der Waals surface area contributed by atoms with E-state index in [1.807, 2.05) is 48.5 Å². The minimum absolute atomic E-state index is 0.402. The summed E-state index contributed by atoms with van der Waals surface area (Å²) in [4.78, 5) is 4.43. The van der Waals surface area contributed by atoms with Crippen molar-refractivity contribution in [3.05, 3.63) is 65.7 Å². The first-order valence-corrected chi connectivity index (χ1v) is 6.57. The second-order valence-electron chi connectivity index (χ2n) is 4.59. The number of rotatable bonds is 3. The third-order valence-electron chi connectivity index (χ3n) is 3.17. The third kappa shape index (κ3) is 2.69. The molecule has 0 atom stereocenters. The van der Waals surface area contributed by atoms with E-state index in [1.165, 1.54) is 0 Å². The average Bonchev–Trinajstić information content (AvgIpc) is 2.54. The van der Waals surface area contributed by atoms with Gasteiger partial charge < -0.3 is 10.5 Å². The number of nitriles is 1. The highest BCUT2D eigenvalue weighted by molar-refractivity contribution is 5.85. The molecule has 1 aromatic heterocycles. The van der Waals surface area contributed by atoms with Crippen LogP contribution in [-0.2, 0) is 6.54 Å². The Labute approximate surface area is 122 Å². The number of para-hydroxylation sites is 1. The number of benzene rings is 2. The van der Waals surface area contributed by atoms with Gasteiger partial charge in [0, 0.05) is 18.0 Å². The summed E-state index contributed by atoms with van der Waals surface area (Å²) >= 11 is 0. The molecule has 2 aromatic carbocycles. The van der Waals surface area contributed by atoms with E-state index >= 15 is 0 Å². The maximum absolute atomic E-state index is 9.26. The summed E-state index contributed by atoms with van der Waals surface area (Å²) in [7, 11) is 0. The van der Waals surface area contributed by atoms with E-state index in [1.54, 1.807) is 6.07 Å². The van der Waals surface area contributed by atoms with Gasteiger partial charge in [-0.05, 0) is 23.8 Å². The first kappa shape index (κ1) is 13.1. The third-order valence-corrected chi connectivity index (χ3v) is 3.17. The van der Waals surface area contributed by atoms with Gasteiger partial charge in [-0.2, -0.15) is 5.26 Å². The highest BCUT2D eigenvalue weighted by atomic mass is 16.5. The number of nitrogens with zero attached hydrogens (tertiary/aromatic N) is 2. The topological polar surface area (TPSA) is 71.9 Å². The Balaban J connectivity index is 2.02. The van der Waals surface area contributed by atoms with Gasteiger partial charge >= 0.3 is 0 Å². The zero-order chi connectivity index (χ0) is 14.7. The average molecular weight is 275 g/mol. The molecule has 21 heavy (non-hydrogen) atoms. The zero-order valence-electron chi connectivity index (χ0n) is 11.3. The molecule has 0 aliphatic carbocycles. The summed E-state index contributed by atoms with van der Waals surface area (Å²) < 4.78 is 5.75. The van der Waals surface area contributed by atoms with Crippen LogP contribution in [-0.4, -0.2) is 4.98 Å². The normalized spacial score (nSPS) is 10.3. The molecule has 1 heterocycles. The van der Waals surface area contributed by atoms with Gasteiger partial charge in [0.15, 0.2) is 0 Å². The van der Waals surface area contributed by atoms with Gasteiger partial charge in [0.05, 0.1) is 11.1 Å². The van der Waals surface area contributed by atoms with Gasteiger partial charge in [0.1, 0.15) is 11.8 Å². The second-order valence-corrected chi connectivity index (χ2v) is 4.59. The van der Waals surface area contributed by atoms with Crippen LogP contribution >= 0.6 is 0 Å². The number of nitrogens with two attached hydrogens (primary N) is 1. The van der Waals surface area contributed by atoms with E-state index in [-0.39, 0.29) is 0 Å². The van der Waals surface area contributed by atoms with Crippen LogP contribution in [0.25, 0.3) is 10.9 Å². The molecule has 0 saturated carbocycles. The van der Waals surface area contributed by atoms with Crippen molar-refractivity contribution < 1.29 is 4.74 Å². The zero-order valence-corrected chi connectivity index (χ0v) is 11.3. The highest BCUT2D eigenvalue weighted by Gasteiger charge is 2.07. The van der Waals surface area contributed by atoms with E-state index in [0.717, 1.165) is 16.5 Å². The smallest absolute Gasteiger partial charge is 0.221 e. The second kappa shape index (κ2) is 5.61. The molecule has 4 nitrogen and oxygen atoms in total. The lowest BCUT2D eigenvalue weighted by Crippen LogP contribution is -1.97. The van der Waals surface area contributed by atoms with Crippen LogP contribution in [0.4, 0.5) is 0 Å². The van der Waals surface area contributed by atoms with Crippen molar-refractivity contribution in [1.29, 1.82) is 5.26 Å². The maximum Gasteiger partial charge on any atom is 0.221 e. The van der Waals surface area contributed by atoms with Gasteiger partial charge in [0.2, 0.25) is 5.88 Å². The molecule has 2 N–H and O–H groups in total. The van der Waals surface area contributed by atoms with Gasteiger partial charge in [-0.3, -0.25) is 0 Å². The number of hydrogen-bond acceptors (Lipinski definition) is 4. The Hall–Kier alpha value is -2.90. The molecule has 0 aliphatic heterocycles. The molecule has 4 heteroatoms. The van der Waals surface area contributed by atoms with Crippen LogP contribution in [0.5, 0.6) is 11.6 Å². The van der Waals surface area contributed by atoms with E-state index in [4.69, 9.17) is 10.5 Å². The number of fused-ring (bicyclic) bond motifs is 1. The summed E-state index contributed by atoms with van der Waals surface area (Å²) in [5.74, 6) is 1.06. The van der Waals surface area contributed by atoms with E-state index in [9.17, 15) is 5.26 Å². The Morgan fingerprint density at radius 1 is 1.10 bits per heavy atom. The summed E-state index contributed by atoms with van der Waals surface area (Å²) in [6.07, 6.45) is 0. The fourth-order valence-electron chi connectivity index (χ4n) is 2.15. The molecule has 0 amide bonds. The lowest BCUT2D eigenvalue weighted by Gasteiger charge is -2.08. The van der Waals surface area contributed by atoms with Gasteiger partial charge in [-0.15, -0.1) is 0 Å². The van der Waals surface area contributed by atoms with Crippen molar-refractivity contribution >= 4 is 10.9 Å². The molecule has 0 bridgehead atoms. The quantitative estimate of drug-likeness (QED) is 0.795. The molecule has 0 aliphatic rings. The molecule has 0 spiro atoms. The molecular weight excluding hydrogens is 262 g/mol. The molecule has 3 rings (SSSR count). The van der Waals surface area contributed by atoms with E-state index in [2.05, 4.69) is 11.1 Å².